The molecule has 6 aromatic rings. The molecule has 1 amide bonds. The highest BCUT2D eigenvalue weighted by molar-refractivity contribution is 6.05. The summed E-state index contributed by atoms with van der Waals surface area (Å²) in [7, 11) is 0. The standard InChI is InChI=1S/C29H17FN2O4/c30-21-6-3-5-20(14-21)28-32-24-16-22(12-13-26(24)35-28)31-27(33)18-10-8-17(9-11-18)23-15-19-4-1-2-7-25(19)36-29(23)34/h1-16H,(H,31,33). The van der Waals surface area contributed by atoms with Crippen molar-refractivity contribution in [3.63, 3.8) is 0 Å². The lowest BCUT2D eigenvalue weighted by molar-refractivity contribution is 0.102. The normalized spacial score (nSPS) is 11.1. The molecule has 0 aliphatic heterocycles. The third-order valence-electron chi connectivity index (χ3n) is 5.82. The summed E-state index contributed by atoms with van der Waals surface area (Å²) >= 11 is 0. The molecule has 0 aliphatic carbocycles. The van der Waals surface area contributed by atoms with E-state index in [9.17, 15) is 14.0 Å². The number of rotatable bonds is 4. The van der Waals surface area contributed by atoms with Crippen LogP contribution < -0.4 is 10.9 Å². The number of anilines is 1. The van der Waals surface area contributed by atoms with Gasteiger partial charge in [-0.25, -0.2) is 14.2 Å². The summed E-state index contributed by atoms with van der Waals surface area (Å²) in [6.07, 6.45) is 0. The van der Waals surface area contributed by atoms with Crippen LogP contribution in [0, 0.1) is 5.82 Å². The lowest BCUT2D eigenvalue weighted by Crippen LogP contribution is -2.11. The van der Waals surface area contributed by atoms with Gasteiger partial charge in [0, 0.05) is 22.2 Å². The molecule has 0 spiro atoms. The molecular formula is C29H17FN2O4. The highest BCUT2D eigenvalue weighted by atomic mass is 19.1. The predicted molar refractivity (Wildman–Crippen MR) is 135 cm³/mol. The van der Waals surface area contributed by atoms with Crippen molar-refractivity contribution in [1.29, 1.82) is 0 Å². The van der Waals surface area contributed by atoms with Crippen LogP contribution in [0.5, 0.6) is 0 Å². The van der Waals surface area contributed by atoms with Crippen LogP contribution >= 0.6 is 0 Å². The molecule has 174 valence electrons. The molecule has 0 saturated carbocycles. The maximum atomic E-state index is 13.5. The summed E-state index contributed by atoms with van der Waals surface area (Å²) in [5.74, 6) is -0.405. The first-order chi connectivity index (χ1) is 17.5. The average molecular weight is 476 g/mol. The van der Waals surface area contributed by atoms with Crippen LogP contribution in [0.15, 0.2) is 111 Å². The Bertz CT molecular complexity index is 1820. The Balaban J connectivity index is 1.23. The second kappa shape index (κ2) is 8.63. The van der Waals surface area contributed by atoms with Gasteiger partial charge in [-0.1, -0.05) is 36.4 Å². The third-order valence-corrected chi connectivity index (χ3v) is 5.82. The Morgan fingerprint density at radius 2 is 1.61 bits per heavy atom. The summed E-state index contributed by atoms with van der Waals surface area (Å²) < 4.78 is 24.7. The molecule has 2 aromatic heterocycles. The van der Waals surface area contributed by atoms with Crippen molar-refractivity contribution >= 4 is 33.7 Å². The van der Waals surface area contributed by atoms with E-state index in [2.05, 4.69) is 10.3 Å². The van der Waals surface area contributed by atoms with E-state index in [1.54, 1.807) is 66.7 Å². The first-order valence-corrected chi connectivity index (χ1v) is 11.1. The van der Waals surface area contributed by atoms with E-state index in [1.165, 1.54) is 12.1 Å². The smallest absolute Gasteiger partial charge is 0.344 e. The van der Waals surface area contributed by atoms with Gasteiger partial charge < -0.3 is 14.2 Å². The Hall–Kier alpha value is -5.04. The molecule has 0 saturated heterocycles. The van der Waals surface area contributed by atoms with Crippen LogP contribution in [0.1, 0.15) is 10.4 Å². The van der Waals surface area contributed by atoms with E-state index >= 15 is 0 Å². The summed E-state index contributed by atoms with van der Waals surface area (Å²) in [5, 5.41) is 3.66. The van der Waals surface area contributed by atoms with Crippen LogP contribution in [-0.4, -0.2) is 10.9 Å². The van der Waals surface area contributed by atoms with Crippen molar-refractivity contribution in [1.82, 2.24) is 4.98 Å². The number of hydrogen-bond acceptors (Lipinski definition) is 5. The van der Waals surface area contributed by atoms with Gasteiger partial charge in [-0.05, 0) is 66.2 Å². The molecule has 6 nitrogen and oxygen atoms in total. The Labute approximate surface area is 203 Å². The molecule has 0 fully saturated rings. The number of para-hydroxylation sites is 1. The SMILES string of the molecule is O=C(Nc1ccc2oc(-c3cccc(F)c3)nc2c1)c1ccc(-c2cc3ccccc3oc2=O)cc1. The second-order valence-electron chi connectivity index (χ2n) is 8.23. The molecule has 0 atom stereocenters. The minimum absolute atomic E-state index is 0.293. The zero-order valence-electron chi connectivity index (χ0n) is 18.7. The van der Waals surface area contributed by atoms with Crippen molar-refractivity contribution in [2.24, 2.45) is 0 Å². The fourth-order valence-corrected chi connectivity index (χ4v) is 4.02. The number of benzene rings is 4. The van der Waals surface area contributed by atoms with Crippen LogP contribution in [-0.2, 0) is 0 Å². The number of nitrogens with one attached hydrogen (secondary N) is 1. The van der Waals surface area contributed by atoms with Gasteiger partial charge in [0.25, 0.3) is 5.91 Å². The molecule has 0 aliphatic rings. The molecule has 6 rings (SSSR count). The van der Waals surface area contributed by atoms with Crippen molar-refractivity contribution in [3.05, 3.63) is 119 Å². The van der Waals surface area contributed by atoms with Crippen molar-refractivity contribution in [2.75, 3.05) is 5.32 Å². The molecule has 2 heterocycles. The van der Waals surface area contributed by atoms with E-state index in [4.69, 9.17) is 8.83 Å². The van der Waals surface area contributed by atoms with Gasteiger partial charge in [-0.15, -0.1) is 0 Å². The predicted octanol–water partition coefficient (Wildman–Crippen LogP) is 6.66. The number of oxazole rings is 1. The van der Waals surface area contributed by atoms with Crippen LogP contribution in [0.4, 0.5) is 10.1 Å². The molecular weight excluding hydrogens is 459 g/mol. The van der Waals surface area contributed by atoms with Crippen LogP contribution in [0.25, 0.3) is 44.7 Å². The Morgan fingerprint density at radius 1 is 0.778 bits per heavy atom. The van der Waals surface area contributed by atoms with Gasteiger partial charge in [0.05, 0.1) is 5.56 Å². The van der Waals surface area contributed by atoms with Gasteiger partial charge in [-0.3, -0.25) is 4.79 Å². The molecule has 0 bridgehead atoms. The van der Waals surface area contributed by atoms with Gasteiger partial charge in [0.1, 0.15) is 16.9 Å². The van der Waals surface area contributed by atoms with Crippen LogP contribution in [0.3, 0.4) is 0 Å². The highest BCUT2D eigenvalue weighted by Crippen LogP contribution is 2.27. The lowest BCUT2D eigenvalue weighted by atomic mass is 10.0. The summed E-state index contributed by atoms with van der Waals surface area (Å²) in [6, 6.07) is 26.9. The zero-order chi connectivity index (χ0) is 24.6. The summed E-state index contributed by atoms with van der Waals surface area (Å²) in [4.78, 5) is 29.7. The van der Waals surface area contributed by atoms with E-state index in [0.29, 0.717) is 50.5 Å². The van der Waals surface area contributed by atoms with E-state index in [1.807, 2.05) is 18.2 Å². The number of carbonyl (C=O) groups is 1. The average Bonchev–Trinajstić information content (AvgIpc) is 3.32. The fourth-order valence-electron chi connectivity index (χ4n) is 4.02. The number of amides is 1. The molecule has 1 N–H and O–H groups in total. The minimum Gasteiger partial charge on any atom is -0.436 e. The van der Waals surface area contributed by atoms with Gasteiger partial charge in [0.2, 0.25) is 5.89 Å². The summed E-state index contributed by atoms with van der Waals surface area (Å²) in [6.45, 7) is 0. The number of aromatic nitrogens is 1. The Kier molecular flexibility index (Phi) is 5.15. The van der Waals surface area contributed by atoms with Crippen molar-refractivity contribution < 1.29 is 18.0 Å². The highest BCUT2D eigenvalue weighted by Gasteiger charge is 2.13. The monoisotopic (exact) mass is 476 g/mol. The largest absolute Gasteiger partial charge is 0.436 e. The fraction of sp³-hybridized carbons (Fsp3) is 0. The number of fused-ring (bicyclic) bond motifs is 2. The van der Waals surface area contributed by atoms with Crippen molar-refractivity contribution in [2.45, 2.75) is 0 Å². The van der Waals surface area contributed by atoms with Crippen molar-refractivity contribution in [3.8, 4) is 22.6 Å². The molecule has 0 radical (unpaired) electrons. The zero-order valence-corrected chi connectivity index (χ0v) is 18.7. The van der Waals surface area contributed by atoms with E-state index in [0.717, 1.165) is 5.39 Å². The van der Waals surface area contributed by atoms with Gasteiger partial charge >= 0.3 is 5.63 Å². The van der Waals surface area contributed by atoms with E-state index in [-0.39, 0.29) is 11.7 Å². The number of carbonyl (C=O) groups excluding carboxylic acids is 1. The van der Waals surface area contributed by atoms with Gasteiger partial charge in [0.15, 0.2) is 5.58 Å². The lowest BCUT2D eigenvalue weighted by Gasteiger charge is -2.07. The third kappa shape index (κ3) is 4.03. The molecule has 36 heavy (non-hydrogen) atoms. The summed E-state index contributed by atoms with van der Waals surface area (Å²) in [5.41, 5.74) is 3.69. The maximum Gasteiger partial charge on any atom is 0.344 e. The molecule has 7 heteroatoms. The molecule has 0 unspecified atom stereocenters. The quantitative estimate of drug-likeness (QED) is 0.288. The minimum atomic E-state index is -0.440. The maximum absolute atomic E-state index is 13.5. The Morgan fingerprint density at radius 3 is 2.44 bits per heavy atom. The molecule has 4 aromatic carbocycles. The number of nitrogens with zero attached hydrogens (tertiary/aromatic N) is 1. The topological polar surface area (TPSA) is 85.3 Å². The second-order valence-corrected chi connectivity index (χ2v) is 8.23. The van der Waals surface area contributed by atoms with Gasteiger partial charge in [-0.2, -0.15) is 0 Å². The number of hydrogen-bond donors (Lipinski definition) is 1. The number of halogens is 1. The first kappa shape index (κ1) is 21.5. The van der Waals surface area contributed by atoms with E-state index < -0.39 is 5.63 Å². The van der Waals surface area contributed by atoms with Crippen LogP contribution in [0.2, 0.25) is 0 Å². The first-order valence-electron chi connectivity index (χ1n) is 11.1.